The van der Waals surface area contributed by atoms with Crippen LogP contribution in [0.3, 0.4) is 0 Å². The van der Waals surface area contributed by atoms with Crippen LogP contribution in [0.4, 0.5) is 0 Å². The van der Waals surface area contributed by atoms with Crippen LogP contribution in [0, 0.1) is 0 Å². The lowest BCUT2D eigenvalue weighted by Gasteiger charge is -2.38. The smallest absolute Gasteiger partial charge is 0.255 e. The Balaban J connectivity index is 1.09. The summed E-state index contributed by atoms with van der Waals surface area (Å²) in [6.07, 6.45) is 2.16. The van der Waals surface area contributed by atoms with Gasteiger partial charge in [-0.2, -0.15) is 0 Å². The van der Waals surface area contributed by atoms with Gasteiger partial charge in [0.1, 0.15) is 29.8 Å². The Bertz CT molecular complexity index is 2760. The third-order valence-corrected chi connectivity index (χ3v) is 14.4. The maximum absolute atomic E-state index is 15.1. The zero-order valence-corrected chi connectivity index (χ0v) is 37.6. The van der Waals surface area contributed by atoms with Crippen molar-refractivity contribution in [3.05, 3.63) is 200 Å². The van der Waals surface area contributed by atoms with Crippen LogP contribution in [-0.2, 0) is 22.7 Å². The van der Waals surface area contributed by atoms with Crippen molar-refractivity contribution in [3.8, 4) is 0 Å². The van der Waals surface area contributed by atoms with Crippen LogP contribution in [0.1, 0.15) is 95.5 Å². The molecule has 0 spiro atoms. The van der Waals surface area contributed by atoms with Gasteiger partial charge in [0.05, 0.1) is 40.8 Å². The summed E-state index contributed by atoms with van der Waals surface area (Å²) < 4.78 is 12.8. The third kappa shape index (κ3) is 7.37. The molecule has 12 nitrogen and oxygen atoms in total. The Hall–Kier alpha value is -6.67. The summed E-state index contributed by atoms with van der Waals surface area (Å²) in [5, 5.41) is 21.7. The topological polar surface area (TPSA) is 135 Å². The molecule has 3 N–H and O–H groups in total. The SMILES string of the molecule is CC1(C)C2=C(C(=O)N1Cc1ccccc1)C(c1cc(C3CN(C(O)c4cccs4)C(c4ccco4)C4=C(N3)C(C)(C)N(Cc3ccccc3)C4=O)co1)N(C(=O)c1ccccc1)CCN2. The molecule has 0 saturated carbocycles. The molecule has 4 aliphatic heterocycles. The van der Waals surface area contributed by atoms with E-state index in [0.717, 1.165) is 22.4 Å². The molecule has 4 aliphatic rings. The molecule has 332 valence electrons. The predicted molar refractivity (Wildman–Crippen MR) is 246 cm³/mol. The monoisotopic (exact) mass is 888 g/mol. The number of nitrogens with one attached hydrogen (secondary N) is 2. The van der Waals surface area contributed by atoms with Crippen LogP contribution < -0.4 is 10.6 Å². The van der Waals surface area contributed by atoms with Crippen LogP contribution in [0.15, 0.2) is 171 Å². The fourth-order valence-corrected chi connectivity index (χ4v) is 10.8. The second-order valence-corrected chi connectivity index (χ2v) is 19.1. The Morgan fingerprint density at radius 2 is 1.37 bits per heavy atom. The highest BCUT2D eigenvalue weighted by Crippen LogP contribution is 2.50. The first-order valence-electron chi connectivity index (χ1n) is 22.1. The highest BCUT2D eigenvalue weighted by atomic mass is 32.1. The molecule has 3 aromatic carbocycles. The molecule has 0 fully saturated rings. The van der Waals surface area contributed by atoms with Gasteiger partial charge in [0.25, 0.3) is 17.7 Å². The molecule has 0 aliphatic carbocycles. The molecular weight excluding hydrogens is 837 g/mol. The molecule has 3 amide bonds. The van der Waals surface area contributed by atoms with E-state index >= 15 is 9.59 Å². The average Bonchev–Trinajstić information content (AvgIpc) is 4.15. The highest BCUT2D eigenvalue weighted by molar-refractivity contribution is 7.10. The molecule has 65 heavy (non-hydrogen) atoms. The number of rotatable bonds is 10. The van der Waals surface area contributed by atoms with Gasteiger partial charge in [0, 0.05) is 60.1 Å². The van der Waals surface area contributed by atoms with Crippen LogP contribution in [0.2, 0.25) is 0 Å². The first-order valence-corrected chi connectivity index (χ1v) is 23.0. The second-order valence-electron chi connectivity index (χ2n) is 18.1. The summed E-state index contributed by atoms with van der Waals surface area (Å²) >= 11 is 1.43. The number of hydrogen-bond acceptors (Lipinski definition) is 10. The van der Waals surface area contributed by atoms with Crippen LogP contribution >= 0.6 is 11.3 Å². The van der Waals surface area contributed by atoms with Crippen LogP contribution in [-0.4, -0.2) is 73.1 Å². The molecule has 7 heterocycles. The van der Waals surface area contributed by atoms with Gasteiger partial charge in [-0.1, -0.05) is 84.9 Å². The van der Waals surface area contributed by atoms with E-state index in [1.807, 2.05) is 151 Å². The zero-order valence-electron chi connectivity index (χ0n) is 36.8. The summed E-state index contributed by atoms with van der Waals surface area (Å²) in [6.45, 7) is 9.86. The Labute approximate surface area is 382 Å². The minimum atomic E-state index is -1.11. The first kappa shape index (κ1) is 42.3. The molecule has 13 heteroatoms. The van der Waals surface area contributed by atoms with E-state index < -0.39 is 35.4 Å². The van der Waals surface area contributed by atoms with E-state index in [2.05, 4.69) is 10.6 Å². The number of aliphatic hydroxyl groups is 1. The van der Waals surface area contributed by atoms with Gasteiger partial charge < -0.3 is 39.3 Å². The lowest BCUT2D eigenvalue weighted by Crippen LogP contribution is -2.48. The lowest BCUT2D eigenvalue weighted by atomic mass is 9.94. The molecule has 3 aromatic heterocycles. The van der Waals surface area contributed by atoms with E-state index in [4.69, 9.17) is 8.83 Å². The normalized spacial score (nSPS) is 22.3. The average molecular weight is 889 g/mol. The van der Waals surface area contributed by atoms with E-state index in [1.54, 1.807) is 35.6 Å². The number of aliphatic hydroxyl groups excluding tert-OH is 1. The maximum Gasteiger partial charge on any atom is 0.255 e. The Morgan fingerprint density at radius 1 is 0.754 bits per heavy atom. The predicted octanol–water partition coefficient (Wildman–Crippen LogP) is 8.25. The van der Waals surface area contributed by atoms with Crippen molar-refractivity contribution in [2.24, 2.45) is 0 Å². The van der Waals surface area contributed by atoms with E-state index in [9.17, 15) is 9.90 Å². The van der Waals surface area contributed by atoms with Gasteiger partial charge in [0.2, 0.25) is 0 Å². The molecule has 4 atom stereocenters. The number of thiophene rings is 1. The summed E-state index contributed by atoms with van der Waals surface area (Å²) in [5.41, 5.74) is 4.05. The van der Waals surface area contributed by atoms with Crippen LogP contribution in [0.25, 0.3) is 0 Å². The fourth-order valence-electron chi connectivity index (χ4n) is 10.1. The number of carbonyl (C=O) groups excluding carboxylic acids is 3. The van der Waals surface area contributed by atoms with Crippen LogP contribution in [0.5, 0.6) is 0 Å². The maximum atomic E-state index is 15.1. The molecule has 6 aromatic rings. The van der Waals surface area contributed by atoms with Gasteiger partial charge in [0.15, 0.2) is 0 Å². The van der Waals surface area contributed by atoms with E-state index in [0.29, 0.717) is 65.0 Å². The summed E-state index contributed by atoms with van der Waals surface area (Å²) in [5.74, 6) is 0.372. The van der Waals surface area contributed by atoms with Gasteiger partial charge in [-0.05, 0) is 80.6 Å². The summed E-state index contributed by atoms with van der Waals surface area (Å²) in [4.78, 5) is 53.0. The van der Waals surface area contributed by atoms with Gasteiger partial charge >= 0.3 is 0 Å². The molecule has 0 radical (unpaired) electrons. The standard InChI is InChI=1S/C52H52N6O6S/c1-51(2)45-41(49(61)57(51)29-33-16-8-5-9-17-33)44(55(25-24-53-45)47(59)35-20-12-7-13-21-35)39-28-36(32-64-39)37-31-56(48(60)40-23-15-27-65-40)43(38-22-14-26-63-38)42-46(54-37)52(3,4)58(50(42)62)30-34-18-10-6-11-19-34/h5-23,26-28,32,37,43-44,48,53-54,60H,24-25,29-31H2,1-4H3. The number of hydrogen-bond donors (Lipinski definition) is 3. The van der Waals surface area contributed by atoms with E-state index in [-0.39, 0.29) is 24.3 Å². The summed E-state index contributed by atoms with van der Waals surface area (Å²) in [6, 6.07) is 36.1. The fraction of sp³-hybridized carbons (Fsp3) is 0.288. The quantitative estimate of drug-likeness (QED) is 0.124. The number of benzene rings is 3. The minimum Gasteiger partial charge on any atom is -0.467 e. The van der Waals surface area contributed by atoms with E-state index in [1.165, 1.54) is 11.3 Å². The number of furan rings is 2. The van der Waals surface area contributed by atoms with Crippen molar-refractivity contribution in [1.82, 2.24) is 30.2 Å². The molecule has 4 unspecified atom stereocenters. The molecular formula is C52H52N6O6S. The molecule has 10 rings (SSSR count). The number of nitrogens with zero attached hydrogens (tertiary/aromatic N) is 4. The van der Waals surface area contributed by atoms with Crippen molar-refractivity contribution in [2.75, 3.05) is 19.6 Å². The van der Waals surface area contributed by atoms with Crippen molar-refractivity contribution >= 4 is 29.1 Å². The first-order chi connectivity index (χ1) is 31.4. The Morgan fingerprint density at radius 3 is 1.97 bits per heavy atom. The van der Waals surface area contributed by atoms with Crippen molar-refractivity contribution in [1.29, 1.82) is 0 Å². The second kappa shape index (κ2) is 16.7. The van der Waals surface area contributed by atoms with Gasteiger partial charge in [-0.25, -0.2) is 0 Å². The van der Waals surface area contributed by atoms with Gasteiger partial charge in [-0.3, -0.25) is 19.3 Å². The number of amides is 3. The number of carbonyl (C=O) groups is 3. The van der Waals surface area contributed by atoms with Gasteiger partial charge in [-0.15, -0.1) is 11.3 Å². The minimum absolute atomic E-state index is 0.164. The van der Waals surface area contributed by atoms with Crippen molar-refractivity contribution in [2.45, 2.75) is 76.2 Å². The highest BCUT2D eigenvalue weighted by Gasteiger charge is 2.54. The lowest BCUT2D eigenvalue weighted by molar-refractivity contribution is -0.131. The zero-order chi connectivity index (χ0) is 45.0. The third-order valence-electron chi connectivity index (χ3n) is 13.5. The Kier molecular flexibility index (Phi) is 10.9. The summed E-state index contributed by atoms with van der Waals surface area (Å²) in [7, 11) is 0. The van der Waals surface area contributed by atoms with Crippen molar-refractivity contribution < 1.29 is 28.3 Å². The molecule has 0 saturated heterocycles. The largest absolute Gasteiger partial charge is 0.467 e. The van der Waals surface area contributed by atoms with Crippen molar-refractivity contribution in [3.63, 3.8) is 0 Å². The molecule has 0 bridgehead atoms.